The second-order valence-corrected chi connectivity index (χ2v) is 8.16. The summed E-state index contributed by atoms with van der Waals surface area (Å²) in [5, 5.41) is 9.63. The predicted octanol–water partition coefficient (Wildman–Crippen LogP) is 4.19. The fraction of sp³-hybridized carbons (Fsp3) is 0.400. The molecule has 2 aromatic carbocycles. The summed E-state index contributed by atoms with van der Waals surface area (Å²) in [6.07, 6.45) is 3.80. The normalized spacial score (nSPS) is 19.4. The van der Waals surface area contributed by atoms with Gasteiger partial charge in [-0.05, 0) is 62.3 Å². The molecule has 3 N–H and O–H groups in total. The minimum atomic E-state index is -0.984. The number of rotatable bonds is 9. The van der Waals surface area contributed by atoms with Crippen molar-refractivity contribution in [3.8, 4) is 5.75 Å². The Bertz CT molecular complexity index is 886. The summed E-state index contributed by atoms with van der Waals surface area (Å²) in [4.78, 5) is 36.5. The zero-order chi connectivity index (χ0) is 22.2. The van der Waals surface area contributed by atoms with Gasteiger partial charge >= 0.3 is 11.9 Å². The lowest BCUT2D eigenvalue weighted by Crippen LogP contribution is -2.28. The number of Topliss-reactive ketones (excluding diaryl/α,β-unsaturated/α-hetero) is 1. The standard InChI is InChI=1S/C25H29NO5/c26-16-17-6-8-20(9-7-17)25(30)31-21-12-10-18(11-13-21)22(24(28)29)14-15-23(27)19-4-2-1-3-5-19/h1-5,10-13,17,20,22H,6-9,14-16,26H2,(H,28,29). The average molecular weight is 424 g/mol. The van der Waals surface area contributed by atoms with E-state index in [0.29, 0.717) is 29.3 Å². The van der Waals surface area contributed by atoms with Crippen LogP contribution in [0.2, 0.25) is 0 Å². The van der Waals surface area contributed by atoms with Crippen LogP contribution in [0.15, 0.2) is 54.6 Å². The molecule has 1 unspecified atom stereocenters. The van der Waals surface area contributed by atoms with Crippen LogP contribution < -0.4 is 10.5 Å². The Morgan fingerprint density at radius 2 is 1.61 bits per heavy atom. The van der Waals surface area contributed by atoms with Crippen molar-refractivity contribution < 1.29 is 24.2 Å². The number of hydrogen-bond donors (Lipinski definition) is 2. The van der Waals surface area contributed by atoms with Gasteiger partial charge in [0.05, 0.1) is 11.8 Å². The molecule has 0 spiro atoms. The molecule has 0 radical (unpaired) electrons. The van der Waals surface area contributed by atoms with Gasteiger partial charge in [0, 0.05) is 12.0 Å². The number of ether oxygens (including phenoxy) is 1. The Morgan fingerprint density at radius 1 is 0.968 bits per heavy atom. The van der Waals surface area contributed by atoms with E-state index in [4.69, 9.17) is 10.5 Å². The highest BCUT2D eigenvalue weighted by Crippen LogP contribution is 2.30. The molecule has 1 atom stereocenters. The van der Waals surface area contributed by atoms with E-state index in [2.05, 4.69) is 0 Å². The van der Waals surface area contributed by atoms with E-state index in [1.165, 1.54) is 0 Å². The van der Waals surface area contributed by atoms with Crippen molar-refractivity contribution in [3.05, 3.63) is 65.7 Å². The van der Waals surface area contributed by atoms with E-state index in [0.717, 1.165) is 25.7 Å². The molecule has 1 aliphatic rings. The SMILES string of the molecule is NCC1CCC(C(=O)Oc2ccc(C(CCC(=O)c3ccccc3)C(=O)O)cc2)CC1. The number of carbonyl (C=O) groups is 3. The van der Waals surface area contributed by atoms with E-state index in [-0.39, 0.29) is 30.5 Å². The Labute approximate surface area is 182 Å². The highest BCUT2D eigenvalue weighted by Gasteiger charge is 2.27. The number of carbonyl (C=O) groups excluding carboxylic acids is 2. The van der Waals surface area contributed by atoms with Gasteiger partial charge in [0.25, 0.3) is 0 Å². The van der Waals surface area contributed by atoms with Crippen LogP contribution in [0.4, 0.5) is 0 Å². The summed E-state index contributed by atoms with van der Waals surface area (Å²) in [6.45, 7) is 0.658. The van der Waals surface area contributed by atoms with E-state index < -0.39 is 11.9 Å². The van der Waals surface area contributed by atoms with Gasteiger partial charge in [-0.1, -0.05) is 42.5 Å². The molecular weight excluding hydrogens is 394 g/mol. The smallest absolute Gasteiger partial charge is 0.314 e. The van der Waals surface area contributed by atoms with Crippen molar-refractivity contribution in [2.75, 3.05) is 6.54 Å². The summed E-state index contributed by atoms with van der Waals surface area (Å²) in [6, 6.07) is 15.4. The first-order valence-electron chi connectivity index (χ1n) is 10.8. The molecule has 0 amide bonds. The second kappa shape index (κ2) is 10.9. The highest BCUT2D eigenvalue weighted by molar-refractivity contribution is 5.96. The van der Waals surface area contributed by atoms with Gasteiger partial charge in [0.15, 0.2) is 5.78 Å². The first-order chi connectivity index (χ1) is 15.0. The molecule has 3 rings (SSSR count). The number of aliphatic carboxylic acids is 1. The molecule has 1 saturated carbocycles. The molecule has 164 valence electrons. The van der Waals surface area contributed by atoms with E-state index in [9.17, 15) is 19.5 Å². The number of benzene rings is 2. The Morgan fingerprint density at radius 3 is 2.19 bits per heavy atom. The third-order valence-corrected chi connectivity index (χ3v) is 6.07. The molecule has 0 saturated heterocycles. The third-order valence-electron chi connectivity index (χ3n) is 6.07. The molecule has 6 heteroatoms. The lowest BCUT2D eigenvalue weighted by molar-refractivity contribution is -0.140. The molecule has 31 heavy (non-hydrogen) atoms. The zero-order valence-electron chi connectivity index (χ0n) is 17.5. The van der Waals surface area contributed by atoms with E-state index in [1.807, 2.05) is 6.07 Å². The largest absolute Gasteiger partial charge is 0.481 e. The summed E-state index contributed by atoms with van der Waals surface area (Å²) >= 11 is 0. The Kier molecular flexibility index (Phi) is 7.95. The van der Waals surface area contributed by atoms with Gasteiger partial charge in [-0.3, -0.25) is 14.4 Å². The Hall–Kier alpha value is -2.99. The van der Waals surface area contributed by atoms with Gasteiger partial charge in [-0.15, -0.1) is 0 Å². The van der Waals surface area contributed by atoms with Crippen LogP contribution in [0, 0.1) is 11.8 Å². The monoisotopic (exact) mass is 423 g/mol. The average Bonchev–Trinajstić information content (AvgIpc) is 2.80. The van der Waals surface area contributed by atoms with Crippen LogP contribution >= 0.6 is 0 Å². The zero-order valence-corrected chi connectivity index (χ0v) is 17.5. The maximum Gasteiger partial charge on any atom is 0.314 e. The van der Waals surface area contributed by atoms with Crippen LogP contribution in [-0.2, 0) is 9.59 Å². The van der Waals surface area contributed by atoms with Crippen molar-refractivity contribution in [1.29, 1.82) is 0 Å². The van der Waals surface area contributed by atoms with Crippen molar-refractivity contribution >= 4 is 17.7 Å². The van der Waals surface area contributed by atoms with E-state index >= 15 is 0 Å². The topological polar surface area (TPSA) is 107 Å². The molecule has 0 heterocycles. The number of esters is 1. The van der Waals surface area contributed by atoms with Gasteiger partial charge in [0.2, 0.25) is 0 Å². The molecule has 1 aliphatic carbocycles. The Balaban J connectivity index is 1.57. The number of carboxylic acid groups (broad SMARTS) is 1. The number of hydrogen-bond acceptors (Lipinski definition) is 5. The van der Waals surface area contributed by atoms with Crippen molar-refractivity contribution in [1.82, 2.24) is 0 Å². The number of carboxylic acids is 1. The molecule has 0 aliphatic heterocycles. The van der Waals surface area contributed by atoms with E-state index in [1.54, 1.807) is 48.5 Å². The third kappa shape index (κ3) is 6.25. The summed E-state index contributed by atoms with van der Waals surface area (Å²) in [5.41, 5.74) is 6.86. The van der Waals surface area contributed by atoms with Gasteiger partial charge in [-0.2, -0.15) is 0 Å². The van der Waals surface area contributed by atoms with Gasteiger partial charge in [0.1, 0.15) is 5.75 Å². The number of ketones is 1. The second-order valence-electron chi connectivity index (χ2n) is 8.16. The van der Waals surface area contributed by atoms with Crippen LogP contribution in [-0.4, -0.2) is 29.4 Å². The minimum absolute atomic E-state index is 0.0817. The first kappa shape index (κ1) is 22.7. The van der Waals surface area contributed by atoms with Gasteiger partial charge in [-0.25, -0.2) is 0 Å². The predicted molar refractivity (Wildman–Crippen MR) is 117 cm³/mol. The quantitative estimate of drug-likeness (QED) is 0.356. The highest BCUT2D eigenvalue weighted by atomic mass is 16.5. The van der Waals surface area contributed by atoms with Gasteiger partial charge < -0.3 is 15.6 Å². The summed E-state index contributed by atoms with van der Waals surface area (Å²) < 4.78 is 5.50. The van der Waals surface area contributed by atoms with Crippen LogP contribution in [0.5, 0.6) is 5.75 Å². The lowest BCUT2D eigenvalue weighted by atomic mass is 9.82. The fourth-order valence-corrected chi connectivity index (χ4v) is 4.08. The molecular formula is C25H29NO5. The van der Waals surface area contributed by atoms with Crippen molar-refractivity contribution in [2.45, 2.75) is 44.4 Å². The summed E-state index contributed by atoms with van der Waals surface area (Å²) in [5.74, 6) is -1.33. The maximum absolute atomic E-state index is 12.4. The fourth-order valence-electron chi connectivity index (χ4n) is 4.08. The summed E-state index contributed by atoms with van der Waals surface area (Å²) in [7, 11) is 0. The molecule has 1 fully saturated rings. The van der Waals surface area contributed by atoms with Crippen LogP contribution in [0.1, 0.15) is 60.4 Å². The van der Waals surface area contributed by atoms with Crippen LogP contribution in [0.25, 0.3) is 0 Å². The first-order valence-corrected chi connectivity index (χ1v) is 10.8. The van der Waals surface area contributed by atoms with Crippen molar-refractivity contribution in [3.63, 3.8) is 0 Å². The van der Waals surface area contributed by atoms with Crippen LogP contribution in [0.3, 0.4) is 0 Å². The molecule has 6 nitrogen and oxygen atoms in total. The molecule has 0 bridgehead atoms. The van der Waals surface area contributed by atoms with Crippen molar-refractivity contribution in [2.24, 2.45) is 17.6 Å². The molecule has 0 aromatic heterocycles. The number of nitrogens with two attached hydrogens (primary N) is 1. The lowest BCUT2D eigenvalue weighted by Gasteiger charge is -2.26. The maximum atomic E-state index is 12.4. The molecule has 2 aromatic rings. The minimum Gasteiger partial charge on any atom is -0.481 e.